The van der Waals surface area contributed by atoms with Crippen LogP contribution < -0.4 is 5.32 Å². The normalized spacial score (nSPS) is 20.9. The van der Waals surface area contributed by atoms with Crippen LogP contribution in [0.3, 0.4) is 0 Å². The van der Waals surface area contributed by atoms with Gasteiger partial charge in [0.2, 0.25) is 5.91 Å². The highest BCUT2D eigenvalue weighted by molar-refractivity contribution is 5.78. The van der Waals surface area contributed by atoms with Crippen molar-refractivity contribution in [2.75, 3.05) is 39.8 Å². The van der Waals surface area contributed by atoms with Crippen molar-refractivity contribution in [1.82, 2.24) is 15.1 Å². The number of rotatable bonds is 4. The Balaban J connectivity index is 2.37. The fraction of sp³-hybridized carbons (Fsp3) is 0.909. The van der Waals surface area contributed by atoms with E-state index in [-0.39, 0.29) is 11.9 Å². The van der Waals surface area contributed by atoms with Gasteiger partial charge in [0, 0.05) is 32.2 Å². The maximum Gasteiger partial charge on any atom is 0.236 e. The number of amides is 1. The molecule has 0 spiro atoms. The molecule has 1 fully saturated rings. The first-order valence-corrected chi connectivity index (χ1v) is 5.89. The summed E-state index contributed by atoms with van der Waals surface area (Å²) >= 11 is 0. The molecule has 1 saturated heterocycles. The Morgan fingerprint density at radius 2 is 2.00 bits per heavy atom. The second-order valence-electron chi connectivity index (χ2n) is 4.53. The maximum atomic E-state index is 11.9. The first-order chi connectivity index (χ1) is 7.52. The van der Waals surface area contributed by atoms with Gasteiger partial charge in [-0.25, -0.2) is 0 Å². The molecule has 0 aromatic carbocycles. The van der Waals surface area contributed by atoms with E-state index in [1.54, 1.807) is 6.92 Å². The average molecular weight is 229 g/mol. The first kappa shape index (κ1) is 13.4. The smallest absolute Gasteiger partial charge is 0.236 e. The molecule has 1 amide bonds. The van der Waals surface area contributed by atoms with E-state index < -0.39 is 6.10 Å². The van der Waals surface area contributed by atoms with Gasteiger partial charge in [-0.1, -0.05) is 0 Å². The van der Waals surface area contributed by atoms with Crippen molar-refractivity contribution in [1.29, 1.82) is 0 Å². The van der Waals surface area contributed by atoms with E-state index >= 15 is 0 Å². The molecule has 1 rings (SSSR count). The SMILES string of the molecule is CC(O)C(C)N(C)CC(=O)N1CCNCC1. The Bertz CT molecular complexity index is 227. The molecule has 2 unspecified atom stereocenters. The van der Waals surface area contributed by atoms with Crippen molar-refractivity contribution in [3.63, 3.8) is 0 Å². The molecule has 0 aliphatic carbocycles. The van der Waals surface area contributed by atoms with Crippen LogP contribution in [0.15, 0.2) is 0 Å². The quantitative estimate of drug-likeness (QED) is 0.657. The number of piperazine rings is 1. The molecule has 94 valence electrons. The van der Waals surface area contributed by atoms with E-state index in [0.29, 0.717) is 6.54 Å². The van der Waals surface area contributed by atoms with Crippen molar-refractivity contribution in [2.45, 2.75) is 26.0 Å². The lowest BCUT2D eigenvalue weighted by atomic mass is 10.2. The highest BCUT2D eigenvalue weighted by Crippen LogP contribution is 2.03. The van der Waals surface area contributed by atoms with Crippen molar-refractivity contribution < 1.29 is 9.90 Å². The van der Waals surface area contributed by atoms with Crippen LogP contribution in [0.1, 0.15) is 13.8 Å². The lowest BCUT2D eigenvalue weighted by Crippen LogP contribution is -2.51. The summed E-state index contributed by atoms with van der Waals surface area (Å²) in [5.41, 5.74) is 0. The summed E-state index contributed by atoms with van der Waals surface area (Å²) in [4.78, 5) is 15.7. The van der Waals surface area contributed by atoms with Gasteiger partial charge in [0.1, 0.15) is 0 Å². The molecular formula is C11H23N3O2. The summed E-state index contributed by atoms with van der Waals surface area (Å²) in [6, 6.07) is 0.00636. The second kappa shape index (κ2) is 6.18. The Morgan fingerprint density at radius 3 is 2.50 bits per heavy atom. The zero-order valence-corrected chi connectivity index (χ0v) is 10.4. The van der Waals surface area contributed by atoms with Gasteiger partial charge in [0.05, 0.1) is 12.6 Å². The molecule has 0 radical (unpaired) electrons. The van der Waals surface area contributed by atoms with Gasteiger partial charge in [-0.3, -0.25) is 9.69 Å². The average Bonchev–Trinajstić information content (AvgIpc) is 2.28. The molecule has 1 aliphatic rings. The fourth-order valence-corrected chi connectivity index (χ4v) is 1.74. The lowest BCUT2D eigenvalue weighted by Gasteiger charge is -2.31. The van der Waals surface area contributed by atoms with Gasteiger partial charge in [0.25, 0.3) is 0 Å². The predicted molar refractivity (Wildman–Crippen MR) is 63.2 cm³/mol. The second-order valence-corrected chi connectivity index (χ2v) is 4.53. The molecule has 0 aromatic rings. The monoisotopic (exact) mass is 229 g/mol. The topological polar surface area (TPSA) is 55.8 Å². The van der Waals surface area contributed by atoms with Crippen LogP contribution in [0.25, 0.3) is 0 Å². The maximum absolute atomic E-state index is 11.9. The minimum Gasteiger partial charge on any atom is -0.392 e. The molecule has 1 heterocycles. The number of carbonyl (C=O) groups is 1. The number of nitrogens with one attached hydrogen (secondary N) is 1. The van der Waals surface area contributed by atoms with Crippen LogP contribution in [-0.2, 0) is 4.79 Å². The van der Waals surface area contributed by atoms with Gasteiger partial charge < -0.3 is 15.3 Å². The molecule has 5 nitrogen and oxygen atoms in total. The zero-order valence-electron chi connectivity index (χ0n) is 10.4. The number of carbonyl (C=O) groups excluding carboxylic acids is 1. The van der Waals surface area contributed by atoms with Crippen molar-refractivity contribution in [3.05, 3.63) is 0 Å². The summed E-state index contributed by atoms with van der Waals surface area (Å²) in [7, 11) is 1.87. The Kier molecular flexibility index (Phi) is 5.18. The molecule has 2 atom stereocenters. The minimum absolute atomic E-state index is 0.00636. The molecular weight excluding hydrogens is 206 g/mol. The molecule has 0 bridgehead atoms. The third-order valence-corrected chi connectivity index (χ3v) is 3.25. The molecule has 0 saturated carbocycles. The van der Waals surface area contributed by atoms with E-state index in [2.05, 4.69) is 5.32 Å². The van der Waals surface area contributed by atoms with E-state index in [1.165, 1.54) is 0 Å². The van der Waals surface area contributed by atoms with Gasteiger partial charge in [-0.15, -0.1) is 0 Å². The highest BCUT2D eigenvalue weighted by Gasteiger charge is 2.21. The number of aliphatic hydroxyl groups is 1. The summed E-state index contributed by atoms with van der Waals surface area (Å²) in [6.45, 7) is 7.38. The molecule has 0 aromatic heterocycles. The standard InChI is InChI=1S/C11H23N3O2/c1-9(10(2)15)13(3)8-11(16)14-6-4-12-5-7-14/h9-10,12,15H,4-8H2,1-3H3. The number of hydrogen-bond acceptors (Lipinski definition) is 4. The van der Waals surface area contributed by atoms with Crippen LogP contribution >= 0.6 is 0 Å². The van der Waals surface area contributed by atoms with E-state index in [0.717, 1.165) is 26.2 Å². The molecule has 1 aliphatic heterocycles. The minimum atomic E-state index is -0.416. The Morgan fingerprint density at radius 1 is 1.44 bits per heavy atom. The van der Waals surface area contributed by atoms with Crippen LogP contribution in [0, 0.1) is 0 Å². The van der Waals surface area contributed by atoms with Gasteiger partial charge >= 0.3 is 0 Å². The molecule has 5 heteroatoms. The van der Waals surface area contributed by atoms with Crippen molar-refractivity contribution in [2.24, 2.45) is 0 Å². The van der Waals surface area contributed by atoms with E-state index in [4.69, 9.17) is 0 Å². The van der Waals surface area contributed by atoms with E-state index in [9.17, 15) is 9.90 Å². The summed E-state index contributed by atoms with van der Waals surface area (Å²) in [5.74, 6) is 0.150. The lowest BCUT2D eigenvalue weighted by molar-refractivity contribution is -0.133. The van der Waals surface area contributed by atoms with Crippen molar-refractivity contribution >= 4 is 5.91 Å². The summed E-state index contributed by atoms with van der Waals surface area (Å²) in [6.07, 6.45) is -0.416. The van der Waals surface area contributed by atoms with Crippen LogP contribution in [0.2, 0.25) is 0 Å². The predicted octanol–water partition coefficient (Wildman–Crippen LogP) is -0.881. The number of hydrogen-bond donors (Lipinski definition) is 2. The third-order valence-electron chi connectivity index (χ3n) is 3.25. The number of nitrogens with zero attached hydrogens (tertiary/aromatic N) is 2. The molecule has 16 heavy (non-hydrogen) atoms. The van der Waals surface area contributed by atoms with Gasteiger partial charge in [0.15, 0.2) is 0 Å². The third kappa shape index (κ3) is 3.73. The van der Waals surface area contributed by atoms with Crippen LogP contribution in [-0.4, -0.2) is 72.7 Å². The van der Waals surface area contributed by atoms with Crippen LogP contribution in [0.5, 0.6) is 0 Å². The first-order valence-electron chi connectivity index (χ1n) is 5.89. The van der Waals surface area contributed by atoms with Gasteiger partial charge in [-0.05, 0) is 20.9 Å². The number of aliphatic hydroxyl groups excluding tert-OH is 1. The van der Waals surface area contributed by atoms with E-state index in [1.807, 2.05) is 23.8 Å². The van der Waals surface area contributed by atoms with Crippen LogP contribution in [0.4, 0.5) is 0 Å². The summed E-state index contributed by atoms with van der Waals surface area (Å²) < 4.78 is 0. The fourth-order valence-electron chi connectivity index (χ4n) is 1.74. The van der Waals surface area contributed by atoms with Gasteiger partial charge in [-0.2, -0.15) is 0 Å². The van der Waals surface area contributed by atoms with Crippen molar-refractivity contribution in [3.8, 4) is 0 Å². The Labute approximate surface area is 97.4 Å². The summed E-state index contributed by atoms with van der Waals surface area (Å²) in [5, 5.41) is 12.7. The largest absolute Gasteiger partial charge is 0.392 e. The highest BCUT2D eigenvalue weighted by atomic mass is 16.3. The Hall–Kier alpha value is -0.650. The molecule has 2 N–H and O–H groups in total. The zero-order chi connectivity index (χ0) is 12.1. The number of likely N-dealkylation sites (N-methyl/N-ethyl adjacent to an activating group) is 1.